The maximum Gasteiger partial charge on any atom is 0.136 e. The minimum Gasteiger partial charge on any atom is -0.489 e. The van der Waals surface area contributed by atoms with E-state index >= 15 is 0 Å². The third kappa shape index (κ3) is 4.33. The number of hydrogen-bond acceptors (Lipinski definition) is 4. The minimum atomic E-state index is -0.191. The Morgan fingerprint density at radius 2 is 1.50 bits per heavy atom. The van der Waals surface area contributed by atoms with Gasteiger partial charge in [0.1, 0.15) is 24.2 Å². The van der Waals surface area contributed by atoms with Crippen LogP contribution in [0.2, 0.25) is 0 Å². The van der Waals surface area contributed by atoms with Gasteiger partial charge in [-0.25, -0.2) is 0 Å². The molecule has 0 radical (unpaired) electrons. The van der Waals surface area contributed by atoms with Crippen molar-refractivity contribution >= 4 is 0 Å². The number of rotatable bonds is 7. The average Bonchev–Trinajstić information content (AvgIpc) is 2.67. The summed E-state index contributed by atoms with van der Waals surface area (Å²) in [6.07, 6.45) is 3.29. The molecule has 4 heteroatoms. The monoisotopic (exact) mass is 320 g/mol. The van der Waals surface area contributed by atoms with Crippen molar-refractivity contribution in [2.45, 2.75) is 12.7 Å². The number of nitrogens with two attached hydrogens (primary N) is 1. The molecule has 1 atom stereocenters. The summed E-state index contributed by atoms with van der Waals surface area (Å²) in [5.41, 5.74) is 7.97. The van der Waals surface area contributed by atoms with E-state index in [1.807, 2.05) is 66.7 Å². The zero-order valence-corrected chi connectivity index (χ0v) is 13.3. The fraction of sp³-hybridized carbons (Fsp3) is 0.150. The first-order valence-electron chi connectivity index (χ1n) is 7.88. The third-order valence-corrected chi connectivity index (χ3v) is 3.64. The molecule has 3 aromatic rings. The van der Waals surface area contributed by atoms with Crippen molar-refractivity contribution < 1.29 is 9.47 Å². The molecule has 0 amide bonds. The van der Waals surface area contributed by atoms with Gasteiger partial charge in [-0.1, -0.05) is 30.3 Å². The highest BCUT2D eigenvalue weighted by Gasteiger charge is 2.11. The first-order chi connectivity index (χ1) is 11.8. The Morgan fingerprint density at radius 3 is 2.17 bits per heavy atom. The number of ether oxygens (including phenoxy) is 2. The number of nitrogens with zero attached hydrogens (tertiary/aromatic N) is 1. The van der Waals surface area contributed by atoms with Crippen LogP contribution < -0.4 is 15.2 Å². The van der Waals surface area contributed by atoms with Crippen molar-refractivity contribution in [2.75, 3.05) is 6.54 Å². The topological polar surface area (TPSA) is 57.4 Å². The molecule has 1 aromatic heterocycles. The summed E-state index contributed by atoms with van der Waals surface area (Å²) in [4.78, 5) is 4.01. The molecule has 0 aliphatic rings. The number of benzene rings is 2. The van der Waals surface area contributed by atoms with E-state index in [1.54, 1.807) is 12.4 Å². The smallest absolute Gasteiger partial charge is 0.136 e. The molecule has 0 saturated heterocycles. The molecule has 3 rings (SSSR count). The van der Waals surface area contributed by atoms with Crippen LogP contribution in [0.4, 0.5) is 0 Å². The second-order valence-electron chi connectivity index (χ2n) is 5.37. The van der Waals surface area contributed by atoms with E-state index in [0.717, 1.165) is 22.6 Å². The molecular formula is C20H20N2O2. The lowest BCUT2D eigenvalue weighted by molar-refractivity contribution is 0.213. The summed E-state index contributed by atoms with van der Waals surface area (Å²) >= 11 is 0. The summed E-state index contributed by atoms with van der Waals surface area (Å²) in [7, 11) is 0. The third-order valence-electron chi connectivity index (χ3n) is 3.64. The highest BCUT2D eigenvalue weighted by molar-refractivity contribution is 5.32. The van der Waals surface area contributed by atoms with Crippen molar-refractivity contribution in [3.05, 3.63) is 90.3 Å². The SMILES string of the molecule is NCC(Oc1ccc(OCc2ccccc2)cc1)c1ccncc1. The first-order valence-corrected chi connectivity index (χ1v) is 7.88. The average molecular weight is 320 g/mol. The molecule has 1 unspecified atom stereocenters. The van der Waals surface area contributed by atoms with E-state index in [4.69, 9.17) is 15.2 Å². The van der Waals surface area contributed by atoms with Gasteiger partial charge in [-0.3, -0.25) is 4.98 Å². The molecular weight excluding hydrogens is 300 g/mol. The predicted octanol–water partition coefficient (Wildman–Crippen LogP) is 3.74. The fourth-order valence-electron chi connectivity index (χ4n) is 2.35. The first kappa shape index (κ1) is 16.0. The van der Waals surface area contributed by atoms with Crippen LogP contribution in [0.5, 0.6) is 11.5 Å². The molecule has 0 saturated carbocycles. The second-order valence-corrected chi connectivity index (χ2v) is 5.37. The molecule has 4 nitrogen and oxygen atoms in total. The standard InChI is InChI=1S/C20H20N2O2/c21-14-20(17-10-12-22-13-11-17)24-19-8-6-18(7-9-19)23-15-16-4-2-1-3-5-16/h1-13,20H,14-15,21H2. The number of pyridine rings is 1. The zero-order valence-electron chi connectivity index (χ0n) is 13.3. The Kier molecular flexibility index (Phi) is 5.43. The lowest BCUT2D eigenvalue weighted by Gasteiger charge is -2.18. The molecule has 0 spiro atoms. The van der Waals surface area contributed by atoms with Gasteiger partial charge in [-0.15, -0.1) is 0 Å². The largest absolute Gasteiger partial charge is 0.489 e. The zero-order chi connectivity index (χ0) is 16.6. The molecule has 0 bridgehead atoms. The van der Waals surface area contributed by atoms with Crippen LogP contribution in [0.1, 0.15) is 17.2 Å². The molecule has 2 N–H and O–H groups in total. The summed E-state index contributed by atoms with van der Waals surface area (Å²) in [6.45, 7) is 0.944. The van der Waals surface area contributed by atoms with Crippen LogP contribution in [-0.2, 0) is 6.61 Å². The van der Waals surface area contributed by atoms with E-state index in [1.165, 1.54) is 0 Å². The normalized spacial score (nSPS) is 11.7. The summed E-state index contributed by atoms with van der Waals surface area (Å²) < 4.78 is 11.7. The van der Waals surface area contributed by atoms with E-state index in [9.17, 15) is 0 Å². The van der Waals surface area contributed by atoms with Crippen molar-refractivity contribution in [3.8, 4) is 11.5 Å². The van der Waals surface area contributed by atoms with Gasteiger partial charge in [0.05, 0.1) is 0 Å². The van der Waals surface area contributed by atoms with E-state index in [-0.39, 0.29) is 6.10 Å². The molecule has 1 heterocycles. The second kappa shape index (κ2) is 8.13. The van der Waals surface area contributed by atoms with Gasteiger partial charge in [-0.2, -0.15) is 0 Å². The van der Waals surface area contributed by atoms with Crippen LogP contribution in [0.25, 0.3) is 0 Å². The van der Waals surface area contributed by atoms with Crippen molar-refractivity contribution in [1.82, 2.24) is 4.98 Å². The Bertz CT molecular complexity index is 731. The highest BCUT2D eigenvalue weighted by Crippen LogP contribution is 2.24. The van der Waals surface area contributed by atoms with Crippen LogP contribution in [0.15, 0.2) is 79.1 Å². The molecule has 122 valence electrons. The Morgan fingerprint density at radius 1 is 0.833 bits per heavy atom. The van der Waals surface area contributed by atoms with Crippen molar-refractivity contribution in [1.29, 1.82) is 0 Å². The molecule has 0 fully saturated rings. The fourth-order valence-corrected chi connectivity index (χ4v) is 2.35. The van der Waals surface area contributed by atoms with Gasteiger partial charge in [0.15, 0.2) is 0 Å². The van der Waals surface area contributed by atoms with Gasteiger partial charge in [0.25, 0.3) is 0 Å². The number of aromatic nitrogens is 1. The van der Waals surface area contributed by atoms with Crippen LogP contribution in [0.3, 0.4) is 0 Å². The molecule has 24 heavy (non-hydrogen) atoms. The molecule has 2 aromatic carbocycles. The van der Waals surface area contributed by atoms with Gasteiger partial charge in [0, 0.05) is 18.9 Å². The van der Waals surface area contributed by atoms with Crippen LogP contribution in [-0.4, -0.2) is 11.5 Å². The van der Waals surface area contributed by atoms with Gasteiger partial charge in [-0.05, 0) is 47.5 Å². The van der Waals surface area contributed by atoms with Gasteiger partial charge in [0.2, 0.25) is 0 Å². The molecule has 0 aliphatic carbocycles. The quantitative estimate of drug-likeness (QED) is 0.720. The summed E-state index contributed by atoms with van der Waals surface area (Å²) in [5, 5.41) is 0. The van der Waals surface area contributed by atoms with Crippen molar-refractivity contribution in [2.24, 2.45) is 5.73 Å². The maximum atomic E-state index is 5.96. The van der Waals surface area contributed by atoms with Crippen LogP contribution in [0, 0.1) is 0 Å². The van der Waals surface area contributed by atoms with Crippen LogP contribution >= 0.6 is 0 Å². The minimum absolute atomic E-state index is 0.191. The van der Waals surface area contributed by atoms with Gasteiger partial charge >= 0.3 is 0 Å². The molecule has 0 aliphatic heterocycles. The summed E-state index contributed by atoms with van der Waals surface area (Å²) in [6, 6.07) is 21.5. The lowest BCUT2D eigenvalue weighted by atomic mass is 10.1. The summed E-state index contributed by atoms with van der Waals surface area (Å²) in [5.74, 6) is 1.56. The van der Waals surface area contributed by atoms with E-state index in [2.05, 4.69) is 4.98 Å². The predicted molar refractivity (Wildman–Crippen MR) is 93.9 cm³/mol. The Hall–Kier alpha value is -2.85. The number of hydrogen-bond donors (Lipinski definition) is 1. The maximum absolute atomic E-state index is 5.96. The Balaban J connectivity index is 1.59. The lowest BCUT2D eigenvalue weighted by Crippen LogP contribution is -2.18. The highest BCUT2D eigenvalue weighted by atomic mass is 16.5. The van der Waals surface area contributed by atoms with E-state index < -0.39 is 0 Å². The van der Waals surface area contributed by atoms with Gasteiger partial charge < -0.3 is 15.2 Å². The van der Waals surface area contributed by atoms with E-state index in [0.29, 0.717) is 13.2 Å². The van der Waals surface area contributed by atoms with Crippen molar-refractivity contribution in [3.63, 3.8) is 0 Å². The Labute approximate surface area is 141 Å².